The number of sulfone groups is 1. The van der Waals surface area contributed by atoms with E-state index in [9.17, 15) is 21.6 Å². The van der Waals surface area contributed by atoms with Gasteiger partial charge in [0.15, 0.2) is 15.6 Å². The fourth-order valence-corrected chi connectivity index (χ4v) is 4.91. The average molecular weight is 350 g/mol. The maximum atomic E-state index is 12.6. The molecule has 0 aromatic heterocycles. The number of ether oxygens (including phenoxy) is 2. The van der Waals surface area contributed by atoms with Crippen molar-refractivity contribution in [1.82, 2.24) is 0 Å². The fourth-order valence-electron chi connectivity index (χ4n) is 3.15. The van der Waals surface area contributed by atoms with Gasteiger partial charge >= 0.3 is 6.18 Å². The Morgan fingerprint density at radius 2 is 1.52 bits per heavy atom. The van der Waals surface area contributed by atoms with Gasteiger partial charge in [0.2, 0.25) is 0 Å². The molecule has 0 bridgehead atoms. The van der Waals surface area contributed by atoms with Crippen molar-refractivity contribution in [2.75, 3.05) is 13.2 Å². The second-order valence-electron chi connectivity index (χ2n) is 5.87. The van der Waals surface area contributed by atoms with Crippen LogP contribution in [0.1, 0.15) is 31.2 Å². The van der Waals surface area contributed by atoms with E-state index in [2.05, 4.69) is 0 Å². The van der Waals surface area contributed by atoms with Gasteiger partial charge in [-0.3, -0.25) is 0 Å². The highest BCUT2D eigenvalue weighted by Crippen LogP contribution is 2.39. The molecule has 23 heavy (non-hydrogen) atoms. The molecule has 1 saturated heterocycles. The lowest BCUT2D eigenvalue weighted by atomic mass is 9.94. The van der Waals surface area contributed by atoms with Crippen molar-refractivity contribution < 1.29 is 31.1 Å². The van der Waals surface area contributed by atoms with Crippen molar-refractivity contribution in [3.63, 3.8) is 0 Å². The van der Waals surface area contributed by atoms with Crippen molar-refractivity contribution in [3.8, 4) is 0 Å². The van der Waals surface area contributed by atoms with E-state index in [4.69, 9.17) is 9.47 Å². The molecule has 1 saturated carbocycles. The van der Waals surface area contributed by atoms with Crippen molar-refractivity contribution in [2.24, 2.45) is 0 Å². The van der Waals surface area contributed by atoms with E-state index in [1.807, 2.05) is 0 Å². The molecule has 0 unspecified atom stereocenters. The van der Waals surface area contributed by atoms with E-state index in [-0.39, 0.29) is 4.90 Å². The van der Waals surface area contributed by atoms with Crippen LogP contribution in [0, 0.1) is 0 Å². The Bertz CT molecular complexity index is 651. The summed E-state index contributed by atoms with van der Waals surface area (Å²) in [4.78, 5) is -0.0697. The van der Waals surface area contributed by atoms with Crippen molar-refractivity contribution in [2.45, 2.75) is 47.8 Å². The van der Waals surface area contributed by atoms with E-state index in [1.165, 1.54) is 0 Å². The van der Waals surface area contributed by atoms with E-state index < -0.39 is 32.6 Å². The summed E-state index contributed by atoms with van der Waals surface area (Å²) in [5, 5.41) is -0.613. The topological polar surface area (TPSA) is 52.6 Å². The number of alkyl halides is 3. The first-order valence-corrected chi connectivity index (χ1v) is 8.97. The molecule has 128 valence electrons. The van der Waals surface area contributed by atoms with Crippen LogP contribution in [0.5, 0.6) is 0 Å². The maximum Gasteiger partial charge on any atom is 0.416 e. The Kier molecular flexibility index (Phi) is 4.18. The summed E-state index contributed by atoms with van der Waals surface area (Å²) < 4.78 is 74.0. The molecule has 1 spiro atoms. The zero-order valence-corrected chi connectivity index (χ0v) is 13.1. The predicted octanol–water partition coefficient (Wildman–Crippen LogP) is 3.16. The molecule has 1 aliphatic heterocycles. The van der Waals surface area contributed by atoms with Crippen LogP contribution in [-0.4, -0.2) is 32.7 Å². The van der Waals surface area contributed by atoms with Gasteiger partial charge in [-0.25, -0.2) is 8.42 Å². The Morgan fingerprint density at radius 3 is 2.00 bits per heavy atom. The summed E-state index contributed by atoms with van der Waals surface area (Å²) in [5.41, 5.74) is -0.855. The van der Waals surface area contributed by atoms with E-state index in [0.29, 0.717) is 38.9 Å². The molecule has 1 aromatic rings. The smallest absolute Gasteiger partial charge is 0.348 e. The highest BCUT2D eigenvalue weighted by Gasteiger charge is 2.44. The van der Waals surface area contributed by atoms with E-state index in [0.717, 1.165) is 24.3 Å². The van der Waals surface area contributed by atoms with Gasteiger partial charge in [-0.15, -0.1) is 0 Å². The number of halogens is 3. The predicted molar refractivity (Wildman–Crippen MR) is 75.5 cm³/mol. The first-order valence-electron chi connectivity index (χ1n) is 7.42. The van der Waals surface area contributed by atoms with Crippen LogP contribution >= 0.6 is 0 Å². The third kappa shape index (κ3) is 3.25. The number of rotatable bonds is 2. The highest BCUT2D eigenvalue weighted by atomic mass is 32.2. The molecule has 8 heteroatoms. The van der Waals surface area contributed by atoms with Gasteiger partial charge in [-0.1, -0.05) is 0 Å². The molecule has 0 atom stereocenters. The number of benzene rings is 1. The summed E-state index contributed by atoms with van der Waals surface area (Å²) in [6, 6.07) is 3.68. The van der Waals surface area contributed by atoms with Gasteiger partial charge in [0.25, 0.3) is 0 Å². The SMILES string of the molecule is O=S(=O)(c1ccc(C(F)(F)F)cc1)C1CCC2(CC1)OCCO2. The largest absolute Gasteiger partial charge is 0.416 e. The van der Waals surface area contributed by atoms with Crippen LogP contribution in [0.15, 0.2) is 29.2 Å². The van der Waals surface area contributed by atoms with Crippen LogP contribution in [0.2, 0.25) is 0 Å². The second kappa shape index (κ2) is 5.75. The third-order valence-electron chi connectivity index (χ3n) is 4.46. The monoisotopic (exact) mass is 350 g/mol. The van der Waals surface area contributed by atoms with E-state index in [1.54, 1.807) is 0 Å². The van der Waals surface area contributed by atoms with Crippen LogP contribution in [0.25, 0.3) is 0 Å². The quantitative estimate of drug-likeness (QED) is 0.822. The Hall–Kier alpha value is -1.12. The fraction of sp³-hybridized carbons (Fsp3) is 0.600. The molecule has 0 radical (unpaired) electrons. The van der Waals surface area contributed by atoms with Crippen LogP contribution in [-0.2, 0) is 25.5 Å². The minimum Gasteiger partial charge on any atom is -0.348 e. The highest BCUT2D eigenvalue weighted by molar-refractivity contribution is 7.92. The second-order valence-corrected chi connectivity index (χ2v) is 8.10. The molecule has 3 rings (SSSR count). The number of hydrogen-bond acceptors (Lipinski definition) is 4. The van der Waals surface area contributed by atoms with Crippen LogP contribution in [0.3, 0.4) is 0 Å². The summed E-state index contributed by atoms with van der Waals surface area (Å²) in [7, 11) is -3.65. The van der Waals surface area contributed by atoms with Gasteiger partial charge < -0.3 is 9.47 Å². The summed E-state index contributed by atoms with van der Waals surface area (Å²) in [6.45, 7) is 1.02. The third-order valence-corrected chi connectivity index (χ3v) is 6.74. The lowest BCUT2D eigenvalue weighted by Crippen LogP contribution is -2.39. The Morgan fingerprint density at radius 1 is 1.00 bits per heavy atom. The first kappa shape index (κ1) is 16.7. The van der Waals surface area contributed by atoms with Crippen molar-refractivity contribution in [1.29, 1.82) is 0 Å². The molecule has 0 N–H and O–H groups in total. The summed E-state index contributed by atoms with van der Waals surface area (Å²) >= 11 is 0. The standard InChI is InChI=1S/C15H17F3O4S/c16-15(17,18)11-1-3-12(4-2-11)23(19,20)13-5-7-14(8-6-13)21-9-10-22-14/h1-4,13H,5-10H2. The van der Waals surface area contributed by atoms with Crippen molar-refractivity contribution in [3.05, 3.63) is 29.8 Å². The molecule has 1 heterocycles. The molecular formula is C15H17F3O4S. The minimum atomic E-state index is -4.48. The van der Waals surface area contributed by atoms with Crippen LogP contribution < -0.4 is 0 Å². The van der Waals surface area contributed by atoms with Crippen LogP contribution in [0.4, 0.5) is 13.2 Å². The Labute approximate surface area is 132 Å². The molecular weight excluding hydrogens is 333 g/mol. The van der Waals surface area contributed by atoms with Gasteiger partial charge in [-0.05, 0) is 37.1 Å². The normalized spacial score (nSPS) is 22.6. The Balaban J connectivity index is 1.74. The molecule has 0 amide bonds. The van der Waals surface area contributed by atoms with Crippen molar-refractivity contribution >= 4 is 9.84 Å². The summed E-state index contributed by atoms with van der Waals surface area (Å²) in [6.07, 6.45) is -2.75. The number of hydrogen-bond donors (Lipinski definition) is 0. The molecule has 2 aliphatic rings. The van der Waals surface area contributed by atoms with Gasteiger partial charge in [0, 0.05) is 12.8 Å². The molecule has 2 fully saturated rings. The first-order chi connectivity index (χ1) is 10.7. The van der Waals surface area contributed by atoms with Gasteiger partial charge in [0.1, 0.15) is 0 Å². The minimum absolute atomic E-state index is 0.0697. The van der Waals surface area contributed by atoms with E-state index >= 15 is 0 Å². The van der Waals surface area contributed by atoms with Gasteiger partial charge in [-0.2, -0.15) is 13.2 Å². The zero-order chi connectivity index (χ0) is 16.7. The lowest BCUT2D eigenvalue weighted by Gasteiger charge is -2.35. The lowest BCUT2D eigenvalue weighted by molar-refractivity contribution is -0.176. The maximum absolute atomic E-state index is 12.6. The average Bonchev–Trinajstić information content (AvgIpc) is 2.95. The summed E-state index contributed by atoms with van der Waals surface area (Å²) in [5.74, 6) is -0.661. The zero-order valence-electron chi connectivity index (χ0n) is 12.3. The molecule has 1 aromatic carbocycles. The molecule has 4 nitrogen and oxygen atoms in total. The molecule has 1 aliphatic carbocycles. The van der Waals surface area contributed by atoms with Gasteiger partial charge in [0.05, 0.1) is 28.9 Å².